The molecular formula is C26H17N3O4. The Morgan fingerprint density at radius 2 is 1.24 bits per heavy atom. The summed E-state index contributed by atoms with van der Waals surface area (Å²) in [6.07, 6.45) is 0. The van der Waals surface area contributed by atoms with Crippen molar-refractivity contribution in [3.63, 3.8) is 0 Å². The molecule has 2 heterocycles. The van der Waals surface area contributed by atoms with Crippen molar-refractivity contribution < 1.29 is 18.7 Å². The average Bonchev–Trinajstić information content (AvgIpc) is 3.40. The zero-order valence-electron chi connectivity index (χ0n) is 17.2. The summed E-state index contributed by atoms with van der Waals surface area (Å²) in [6.45, 7) is 7.00. The smallest absolute Gasteiger partial charge is 0.337 e. The predicted molar refractivity (Wildman–Crippen MR) is 129 cm³/mol. The third kappa shape index (κ3) is 3.18. The molecule has 0 bridgehead atoms. The van der Waals surface area contributed by atoms with Crippen molar-refractivity contribution in [2.75, 3.05) is 11.5 Å². The quantitative estimate of drug-likeness (QED) is 0.198. The Balaban J connectivity index is 0.000000139. The fourth-order valence-corrected chi connectivity index (χ4v) is 3.89. The second-order valence-electron chi connectivity index (χ2n) is 7.39. The van der Waals surface area contributed by atoms with Crippen molar-refractivity contribution in [1.82, 2.24) is 0 Å². The highest BCUT2D eigenvalue weighted by molar-refractivity contribution is 6.12. The predicted octanol–water partition coefficient (Wildman–Crippen LogP) is 6.59. The number of nitrogen functional groups attached to an aromatic ring is 2. The van der Waals surface area contributed by atoms with E-state index in [2.05, 4.69) is 4.85 Å². The molecule has 7 nitrogen and oxygen atoms in total. The number of furan rings is 2. The molecule has 0 spiro atoms. The average molecular weight is 435 g/mol. The summed E-state index contributed by atoms with van der Waals surface area (Å²) in [5.74, 6) is -1.05. The van der Waals surface area contributed by atoms with Crippen LogP contribution in [-0.2, 0) is 0 Å². The molecule has 0 saturated heterocycles. The number of nitrogens with zero attached hydrogens (tertiary/aromatic N) is 1. The van der Waals surface area contributed by atoms with Gasteiger partial charge in [-0.1, -0.05) is 48.5 Å². The summed E-state index contributed by atoms with van der Waals surface area (Å²) in [5, 5.41) is 12.7. The fourth-order valence-electron chi connectivity index (χ4n) is 3.89. The van der Waals surface area contributed by atoms with Gasteiger partial charge in [-0.25, -0.2) is 9.64 Å². The maximum atomic E-state index is 11.0. The van der Waals surface area contributed by atoms with Crippen LogP contribution < -0.4 is 11.5 Å². The van der Waals surface area contributed by atoms with Gasteiger partial charge in [-0.2, -0.15) is 0 Å². The van der Waals surface area contributed by atoms with E-state index >= 15 is 0 Å². The first-order chi connectivity index (χ1) is 16.0. The lowest BCUT2D eigenvalue weighted by Gasteiger charge is -2.00. The van der Waals surface area contributed by atoms with Crippen molar-refractivity contribution in [2.45, 2.75) is 0 Å². The fraction of sp³-hybridized carbons (Fsp3) is 0. The Bertz CT molecular complexity index is 1740. The second-order valence-corrected chi connectivity index (χ2v) is 7.39. The van der Waals surface area contributed by atoms with Gasteiger partial charge in [0.25, 0.3) is 0 Å². The molecule has 2 aromatic heterocycles. The number of nitrogens with two attached hydrogens (primary N) is 2. The number of carboxylic acids is 1. The Kier molecular flexibility index (Phi) is 4.61. The van der Waals surface area contributed by atoms with Crippen LogP contribution in [-0.4, -0.2) is 11.1 Å². The van der Waals surface area contributed by atoms with E-state index in [-0.39, 0.29) is 11.3 Å². The molecule has 5 N–H and O–H groups in total. The van der Waals surface area contributed by atoms with E-state index in [1.807, 2.05) is 54.6 Å². The first kappa shape index (κ1) is 20.0. The number of rotatable bonds is 1. The van der Waals surface area contributed by atoms with Crippen molar-refractivity contribution in [3.8, 4) is 0 Å². The largest absolute Gasteiger partial charge is 0.478 e. The lowest BCUT2D eigenvalue weighted by atomic mass is 10.1. The van der Waals surface area contributed by atoms with Crippen LogP contribution in [0, 0.1) is 6.57 Å². The first-order valence-corrected chi connectivity index (χ1v) is 9.99. The van der Waals surface area contributed by atoms with Crippen LogP contribution in [0.15, 0.2) is 81.6 Å². The van der Waals surface area contributed by atoms with Crippen LogP contribution in [0.1, 0.15) is 10.4 Å². The summed E-state index contributed by atoms with van der Waals surface area (Å²) in [6, 6.07) is 22.1. The van der Waals surface area contributed by atoms with Crippen LogP contribution in [0.25, 0.3) is 48.7 Å². The molecule has 0 radical (unpaired) electrons. The summed E-state index contributed by atoms with van der Waals surface area (Å²) in [4.78, 5) is 14.3. The zero-order valence-corrected chi connectivity index (χ0v) is 17.2. The molecule has 0 amide bonds. The van der Waals surface area contributed by atoms with Crippen LogP contribution in [0.5, 0.6) is 0 Å². The van der Waals surface area contributed by atoms with E-state index in [4.69, 9.17) is 32.0 Å². The number of hydrogen-bond donors (Lipinski definition) is 3. The van der Waals surface area contributed by atoms with Gasteiger partial charge in [-0.3, -0.25) is 0 Å². The number of carboxylic acid groups (broad SMARTS) is 1. The molecule has 0 fully saturated rings. The van der Waals surface area contributed by atoms with Gasteiger partial charge >= 0.3 is 5.97 Å². The minimum atomic E-state index is -1.05. The molecule has 0 aliphatic heterocycles. The molecule has 6 aromatic rings. The summed E-state index contributed by atoms with van der Waals surface area (Å²) in [7, 11) is 0. The SMILES string of the molecule is Nc1c(C(=O)O)ccc2c1oc1ccccc12.[C-]#[N+]c1ccc2c(oc3ccccc32)c1N. The molecule has 7 heteroatoms. The van der Waals surface area contributed by atoms with Gasteiger partial charge in [0.2, 0.25) is 5.69 Å². The van der Waals surface area contributed by atoms with Crippen LogP contribution in [0.2, 0.25) is 0 Å². The molecule has 160 valence electrons. The maximum Gasteiger partial charge on any atom is 0.337 e. The van der Waals surface area contributed by atoms with E-state index in [9.17, 15) is 4.79 Å². The van der Waals surface area contributed by atoms with Gasteiger partial charge in [0, 0.05) is 21.5 Å². The molecule has 6 rings (SSSR count). The number of anilines is 2. The summed E-state index contributed by atoms with van der Waals surface area (Å²) >= 11 is 0. The lowest BCUT2D eigenvalue weighted by molar-refractivity contribution is 0.0698. The molecule has 0 atom stereocenters. The topological polar surface area (TPSA) is 120 Å². The third-order valence-electron chi connectivity index (χ3n) is 5.50. The highest BCUT2D eigenvalue weighted by atomic mass is 16.4. The van der Waals surface area contributed by atoms with Crippen LogP contribution in [0.4, 0.5) is 17.1 Å². The van der Waals surface area contributed by atoms with Gasteiger partial charge in [0.05, 0.1) is 23.5 Å². The summed E-state index contributed by atoms with van der Waals surface area (Å²) < 4.78 is 11.2. The van der Waals surface area contributed by atoms with Gasteiger partial charge in [0.15, 0.2) is 5.58 Å². The van der Waals surface area contributed by atoms with E-state index < -0.39 is 5.97 Å². The minimum Gasteiger partial charge on any atom is -0.478 e. The van der Waals surface area contributed by atoms with Crippen molar-refractivity contribution in [1.29, 1.82) is 0 Å². The van der Waals surface area contributed by atoms with E-state index in [1.165, 1.54) is 6.07 Å². The number of carbonyl (C=O) groups is 1. The minimum absolute atomic E-state index is 0.0663. The molecule has 0 aliphatic rings. The number of fused-ring (bicyclic) bond motifs is 6. The standard InChI is InChI=1S/C13H8N2O.C13H9NO3/c1-15-10-7-6-9-8-4-2-3-5-11(8)16-13(9)12(10)14;14-11-9(13(15)16)6-5-8-7-3-1-2-4-10(7)17-12(8)11/h2-7H,14H2;1-6H,14H2,(H,15,16). The molecule has 33 heavy (non-hydrogen) atoms. The van der Waals surface area contributed by atoms with Crippen molar-refractivity contribution in [2.24, 2.45) is 0 Å². The molecular weight excluding hydrogens is 418 g/mol. The molecule has 0 saturated carbocycles. The zero-order chi connectivity index (χ0) is 23.1. The number of benzene rings is 4. The molecule has 4 aromatic carbocycles. The maximum absolute atomic E-state index is 11.0. The molecule has 0 aliphatic carbocycles. The van der Waals surface area contributed by atoms with E-state index in [0.717, 1.165) is 27.1 Å². The first-order valence-electron chi connectivity index (χ1n) is 9.99. The Morgan fingerprint density at radius 3 is 1.79 bits per heavy atom. The second kappa shape index (κ2) is 7.62. The monoisotopic (exact) mass is 435 g/mol. The van der Waals surface area contributed by atoms with Gasteiger partial charge in [0.1, 0.15) is 16.7 Å². The highest BCUT2D eigenvalue weighted by Crippen LogP contribution is 2.37. The van der Waals surface area contributed by atoms with Gasteiger partial charge in [-0.05, 0) is 24.3 Å². The summed E-state index contributed by atoms with van der Waals surface area (Å²) in [5.41, 5.74) is 15.3. The number of para-hydroxylation sites is 2. The normalized spacial score (nSPS) is 10.9. The third-order valence-corrected chi connectivity index (χ3v) is 5.50. The highest BCUT2D eigenvalue weighted by Gasteiger charge is 2.15. The van der Waals surface area contributed by atoms with E-state index in [1.54, 1.807) is 12.1 Å². The Labute approximate surface area is 187 Å². The molecule has 0 unspecified atom stereocenters. The number of aromatic carboxylic acids is 1. The lowest BCUT2D eigenvalue weighted by Crippen LogP contribution is -2.01. The number of hydrogen-bond acceptors (Lipinski definition) is 5. The van der Waals surface area contributed by atoms with Gasteiger partial charge < -0.3 is 25.4 Å². The van der Waals surface area contributed by atoms with E-state index in [0.29, 0.717) is 28.1 Å². The van der Waals surface area contributed by atoms with Crippen LogP contribution in [0.3, 0.4) is 0 Å². The van der Waals surface area contributed by atoms with Crippen molar-refractivity contribution in [3.05, 3.63) is 89.8 Å². The Morgan fingerprint density at radius 1 is 0.727 bits per heavy atom. The Hall–Kier alpha value is -4.96. The van der Waals surface area contributed by atoms with Crippen LogP contribution >= 0.6 is 0 Å². The van der Waals surface area contributed by atoms with Crippen molar-refractivity contribution >= 4 is 66.9 Å². The van der Waals surface area contributed by atoms with Gasteiger partial charge in [-0.15, -0.1) is 0 Å².